The molecule has 0 bridgehead atoms. The van der Waals surface area contributed by atoms with E-state index < -0.39 is 10.0 Å². The van der Waals surface area contributed by atoms with Crippen LogP contribution in [-0.2, 0) is 27.9 Å². The molecule has 0 spiro atoms. The molecular formula is C24H26N2O4S. The lowest BCUT2D eigenvalue weighted by Crippen LogP contribution is -2.27. The molecule has 3 rings (SSSR count). The van der Waals surface area contributed by atoms with Crippen molar-refractivity contribution >= 4 is 21.6 Å². The van der Waals surface area contributed by atoms with Crippen LogP contribution in [0.1, 0.15) is 27.0 Å². The molecule has 0 radical (unpaired) electrons. The number of hydrogen-bond acceptors (Lipinski definition) is 4. The molecule has 162 valence electrons. The molecule has 0 aromatic heterocycles. The minimum absolute atomic E-state index is 0.220. The number of benzene rings is 3. The van der Waals surface area contributed by atoms with Crippen molar-refractivity contribution < 1.29 is 17.9 Å². The van der Waals surface area contributed by atoms with E-state index in [2.05, 4.69) is 5.32 Å². The summed E-state index contributed by atoms with van der Waals surface area (Å²) in [5.74, 6) is -0.229. The van der Waals surface area contributed by atoms with E-state index >= 15 is 0 Å². The van der Waals surface area contributed by atoms with Crippen LogP contribution in [0.4, 0.5) is 5.69 Å². The number of methoxy groups -OCH3 is 1. The summed E-state index contributed by atoms with van der Waals surface area (Å²) in [6.07, 6.45) is 0. The lowest BCUT2D eigenvalue weighted by atomic mass is 10.1. The van der Waals surface area contributed by atoms with Gasteiger partial charge in [0, 0.05) is 26.3 Å². The summed E-state index contributed by atoms with van der Waals surface area (Å²) in [6, 6.07) is 21.0. The Labute approximate surface area is 183 Å². The number of nitrogens with zero attached hydrogens (tertiary/aromatic N) is 1. The van der Waals surface area contributed by atoms with Crippen LogP contribution < -0.4 is 9.62 Å². The van der Waals surface area contributed by atoms with Crippen molar-refractivity contribution in [3.8, 4) is 0 Å². The first-order valence-corrected chi connectivity index (χ1v) is 11.3. The number of carbonyl (C=O) groups excluding carboxylic acids is 1. The van der Waals surface area contributed by atoms with Crippen molar-refractivity contribution in [3.05, 3.63) is 95.1 Å². The number of aryl methyl sites for hydroxylation is 1. The molecule has 0 unspecified atom stereocenters. The molecule has 0 aliphatic carbocycles. The van der Waals surface area contributed by atoms with Crippen LogP contribution in [0.3, 0.4) is 0 Å². The zero-order chi connectivity index (χ0) is 22.4. The normalized spacial score (nSPS) is 11.2. The van der Waals surface area contributed by atoms with Gasteiger partial charge in [0.2, 0.25) is 0 Å². The first-order chi connectivity index (χ1) is 14.8. The molecular weight excluding hydrogens is 412 g/mol. The Kier molecular flexibility index (Phi) is 7.09. The van der Waals surface area contributed by atoms with Gasteiger partial charge in [0.1, 0.15) is 0 Å². The fraction of sp³-hybridized carbons (Fsp3) is 0.208. The largest absolute Gasteiger partial charge is 0.380 e. The van der Waals surface area contributed by atoms with Gasteiger partial charge in [0.25, 0.3) is 15.9 Å². The maximum Gasteiger partial charge on any atom is 0.264 e. The highest BCUT2D eigenvalue weighted by Gasteiger charge is 2.21. The van der Waals surface area contributed by atoms with Crippen LogP contribution in [0, 0.1) is 6.92 Å². The van der Waals surface area contributed by atoms with Crippen LogP contribution >= 0.6 is 0 Å². The van der Waals surface area contributed by atoms with Gasteiger partial charge in [-0.3, -0.25) is 9.10 Å². The van der Waals surface area contributed by atoms with Crippen molar-refractivity contribution in [2.45, 2.75) is 25.0 Å². The second-order valence-electron chi connectivity index (χ2n) is 7.27. The molecule has 0 saturated carbocycles. The van der Waals surface area contributed by atoms with E-state index in [1.54, 1.807) is 55.6 Å². The number of rotatable bonds is 8. The third kappa shape index (κ3) is 5.51. The van der Waals surface area contributed by atoms with Crippen LogP contribution in [0.2, 0.25) is 0 Å². The average Bonchev–Trinajstić information content (AvgIpc) is 2.78. The van der Waals surface area contributed by atoms with E-state index in [1.807, 2.05) is 31.2 Å². The Hall–Kier alpha value is -3.16. The molecule has 0 aliphatic rings. The first kappa shape index (κ1) is 22.5. The molecule has 6 nitrogen and oxygen atoms in total. The van der Waals surface area contributed by atoms with Crippen molar-refractivity contribution in [2.75, 3.05) is 18.5 Å². The summed E-state index contributed by atoms with van der Waals surface area (Å²) in [6.45, 7) is 2.81. The molecule has 0 heterocycles. The lowest BCUT2D eigenvalue weighted by Gasteiger charge is -2.20. The predicted molar refractivity (Wildman–Crippen MR) is 122 cm³/mol. The van der Waals surface area contributed by atoms with Crippen LogP contribution in [-0.4, -0.2) is 28.5 Å². The van der Waals surface area contributed by atoms with Gasteiger partial charge >= 0.3 is 0 Å². The van der Waals surface area contributed by atoms with E-state index in [9.17, 15) is 13.2 Å². The van der Waals surface area contributed by atoms with Crippen LogP contribution in [0.25, 0.3) is 0 Å². The van der Waals surface area contributed by atoms with Gasteiger partial charge in [0.15, 0.2) is 0 Å². The first-order valence-electron chi connectivity index (χ1n) is 9.82. The van der Waals surface area contributed by atoms with Gasteiger partial charge in [-0.15, -0.1) is 0 Å². The molecule has 1 N–H and O–H groups in total. The predicted octanol–water partition coefficient (Wildman–Crippen LogP) is 3.90. The molecule has 0 saturated heterocycles. The number of hydrogen-bond donors (Lipinski definition) is 1. The third-order valence-electron chi connectivity index (χ3n) is 4.93. The van der Waals surface area contributed by atoms with Gasteiger partial charge in [-0.2, -0.15) is 0 Å². The van der Waals surface area contributed by atoms with E-state index in [0.717, 1.165) is 16.7 Å². The number of amides is 1. The number of nitrogens with one attached hydrogen (secondary N) is 1. The lowest BCUT2D eigenvalue weighted by molar-refractivity contribution is 0.0951. The Bertz CT molecular complexity index is 1140. The molecule has 7 heteroatoms. The highest BCUT2D eigenvalue weighted by Crippen LogP contribution is 2.22. The van der Waals surface area contributed by atoms with Crippen LogP contribution in [0.15, 0.2) is 77.7 Å². The maximum absolute atomic E-state index is 12.8. The molecule has 31 heavy (non-hydrogen) atoms. The second kappa shape index (κ2) is 9.76. The summed E-state index contributed by atoms with van der Waals surface area (Å²) in [5.41, 5.74) is 3.93. The number of sulfonamides is 1. The van der Waals surface area contributed by atoms with Gasteiger partial charge in [-0.25, -0.2) is 8.42 Å². The Balaban J connectivity index is 1.67. The van der Waals surface area contributed by atoms with Crippen molar-refractivity contribution in [2.24, 2.45) is 0 Å². The van der Waals surface area contributed by atoms with Crippen molar-refractivity contribution in [3.63, 3.8) is 0 Å². The third-order valence-corrected chi connectivity index (χ3v) is 6.73. The molecule has 0 aliphatic heterocycles. The Morgan fingerprint density at radius 3 is 2.26 bits per heavy atom. The quantitative estimate of drug-likeness (QED) is 0.579. The Morgan fingerprint density at radius 2 is 1.61 bits per heavy atom. The van der Waals surface area contributed by atoms with Gasteiger partial charge < -0.3 is 10.1 Å². The molecule has 0 fully saturated rings. The monoisotopic (exact) mass is 438 g/mol. The topological polar surface area (TPSA) is 75.7 Å². The molecule has 3 aromatic rings. The zero-order valence-corrected chi connectivity index (χ0v) is 18.6. The van der Waals surface area contributed by atoms with E-state index in [4.69, 9.17) is 4.74 Å². The molecule has 3 aromatic carbocycles. The number of carbonyl (C=O) groups is 1. The maximum atomic E-state index is 12.8. The average molecular weight is 439 g/mol. The summed E-state index contributed by atoms with van der Waals surface area (Å²) in [7, 11) is -0.537. The second-order valence-corrected chi connectivity index (χ2v) is 9.24. The van der Waals surface area contributed by atoms with E-state index in [-0.39, 0.29) is 10.8 Å². The van der Waals surface area contributed by atoms with Crippen molar-refractivity contribution in [1.29, 1.82) is 0 Å². The van der Waals surface area contributed by atoms with E-state index in [0.29, 0.717) is 24.4 Å². The number of anilines is 1. The fourth-order valence-corrected chi connectivity index (χ4v) is 4.31. The zero-order valence-electron chi connectivity index (χ0n) is 17.8. The smallest absolute Gasteiger partial charge is 0.264 e. The fourth-order valence-electron chi connectivity index (χ4n) is 3.11. The summed E-state index contributed by atoms with van der Waals surface area (Å²) >= 11 is 0. The molecule has 1 amide bonds. The highest BCUT2D eigenvalue weighted by atomic mass is 32.2. The SMILES string of the molecule is COCc1cccc(CNC(=O)c2ccc(N(C)S(=O)(=O)c3ccc(C)cc3)cc2)c1. The number of ether oxygens (including phenoxy) is 1. The van der Waals surface area contributed by atoms with Gasteiger partial charge in [-0.1, -0.05) is 42.0 Å². The summed E-state index contributed by atoms with van der Waals surface area (Å²) < 4.78 is 32.0. The minimum Gasteiger partial charge on any atom is -0.380 e. The van der Waals surface area contributed by atoms with Crippen molar-refractivity contribution in [1.82, 2.24) is 5.32 Å². The molecule has 0 atom stereocenters. The summed E-state index contributed by atoms with van der Waals surface area (Å²) in [5, 5.41) is 2.88. The van der Waals surface area contributed by atoms with Crippen LogP contribution in [0.5, 0.6) is 0 Å². The highest BCUT2D eigenvalue weighted by molar-refractivity contribution is 7.92. The standard InChI is InChI=1S/C24H26N2O4S/c1-18-7-13-23(14-8-18)31(28,29)26(2)22-11-9-21(10-12-22)24(27)25-16-19-5-4-6-20(15-19)17-30-3/h4-15H,16-17H2,1-3H3,(H,25,27). The minimum atomic E-state index is -3.67. The van der Waals surface area contributed by atoms with Gasteiger partial charge in [-0.05, 0) is 54.4 Å². The van der Waals surface area contributed by atoms with Gasteiger partial charge in [0.05, 0.1) is 17.2 Å². The summed E-state index contributed by atoms with van der Waals surface area (Å²) in [4.78, 5) is 12.7. The Morgan fingerprint density at radius 1 is 0.968 bits per heavy atom. The van der Waals surface area contributed by atoms with E-state index in [1.165, 1.54) is 11.4 Å².